The monoisotopic (exact) mass is 307 g/mol. The van der Waals surface area contributed by atoms with E-state index in [9.17, 15) is 9.59 Å². The van der Waals surface area contributed by atoms with Crippen molar-refractivity contribution in [2.75, 3.05) is 26.0 Å². The van der Waals surface area contributed by atoms with Crippen LogP contribution >= 0.6 is 0 Å². The molecular formula is C16H25N3O3. The number of carbonyl (C=O) groups excluding carboxylic acids is 2. The molecule has 0 saturated heterocycles. The molecule has 6 nitrogen and oxygen atoms in total. The number of ether oxygens (including phenoxy) is 1. The van der Waals surface area contributed by atoms with Crippen LogP contribution in [0.3, 0.4) is 0 Å². The van der Waals surface area contributed by atoms with Crippen LogP contribution in [0.25, 0.3) is 0 Å². The number of rotatable bonds is 6. The Balaban J connectivity index is 3.10. The summed E-state index contributed by atoms with van der Waals surface area (Å²) < 4.78 is 5.50. The highest BCUT2D eigenvalue weighted by Gasteiger charge is 2.19. The molecule has 0 aliphatic rings. The maximum atomic E-state index is 12.2. The minimum atomic E-state index is -0.345. The highest BCUT2D eigenvalue weighted by atomic mass is 16.5. The summed E-state index contributed by atoms with van der Waals surface area (Å²) in [5.41, 5.74) is 6.71. The van der Waals surface area contributed by atoms with E-state index in [1.54, 1.807) is 46.1 Å². The maximum Gasteiger partial charge on any atom is 0.253 e. The van der Waals surface area contributed by atoms with E-state index in [1.807, 2.05) is 6.92 Å². The van der Waals surface area contributed by atoms with Crippen LogP contribution < -0.4 is 15.8 Å². The smallest absolute Gasteiger partial charge is 0.253 e. The number of nitrogens with zero attached hydrogens (tertiary/aromatic N) is 1. The third-order valence-electron chi connectivity index (χ3n) is 3.39. The molecule has 6 heteroatoms. The number of hydrogen-bond acceptors (Lipinski definition) is 4. The molecule has 1 rings (SSSR count). The molecule has 0 aliphatic carbocycles. The number of hydrogen-bond donors (Lipinski definition) is 2. The molecule has 2 unspecified atom stereocenters. The van der Waals surface area contributed by atoms with E-state index in [2.05, 4.69) is 5.32 Å². The summed E-state index contributed by atoms with van der Waals surface area (Å²) in [6.07, 6.45) is 0. The molecule has 22 heavy (non-hydrogen) atoms. The summed E-state index contributed by atoms with van der Waals surface area (Å²) >= 11 is 0. The Morgan fingerprint density at radius 1 is 1.32 bits per heavy atom. The average molecular weight is 307 g/mol. The van der Waals surface area contributed by atoms with Crippen LogP contribution in [-0.2, 0) is 4.79 Å². The summed E-state index contributed by atoms with van der Waals surface area (Å²) in [5.74, 6) is -0.157. The van der Waals surface area contributed by atoms with Gasteiger partial charge in [-0.1, -0.05) is 6.92 Å². The number of carbonyl (C=O) groups is 2. The first kappa shape index (κ1) is 18.0. The number of amides is 2. The van der Waals surface area contributed by atoms with Gasteiger partial charge >= 0.3 is 0 Å². The minimum absolute atomic E-state index is 0.140. The van der Waals surface area contributed by atoms with Gasteiger partial charge in [0.15, 0.2) is 0 Å². The highest BCUT2D eigenvalue weighted by molar-refractivity contribution is 5.98. The van der Waals surface area contributed by atoms with Crippen molar-refractivity contribution in [3.8, 4) is 5.75 Å². The lowest BCUT2D eigenvalue weighted by atomic mass is 10.0. The van der Waals surface area contributed by atoms with Gasteiger partial charge in [-0.3, -0.25) is 9.59 Å². The lowest BCUT2D eigenvalue weighted by Crippen LogP contribution is -2.34. The van der Waals surface area contributed by atoms with Crippen molar-refractivity contribution in [3.05, 3.63) is 23.8 Å². The van der Waals surface area contributed by atoms with Crippen molar-refractivity contribution in [2.24, 2.45) is 11.7 Å². The Bertz CT molecular complexity index is 541. The molecule has 0 bridgehead atoms. The molecule has 0 fully saturated rings. The molecular weight excluding hydrogens is 282 g/mol. The zero-order valence-electron chi connectivity index (χ0n) is 13.8. The first-order chi connectivity index (χ1) is 10.3. The topological polar surface area (TPSA) is 84.7 Å². The van der Waals surface area contributed by atoms with Gasteiger partial charge in [-0.05, 0) is 32.0 Å². The Labute approximate surface area is 131 Å². The SMILES string of the molecule is CCOc1ccc(C(=O)N(C)C)cc1NC(=O)C(C)C(C)N. The predicted octanol–water partition coefficient (Wildman–Crippen LogP) is 1.71. The van der Waals surface area contributed by atoms with Gasteiger partial charge in [0.1, 0.15) is 5.75 Å². The lowest BCUT2D eigenvalue weighted by molar-refractivity contribution is -0.119. The first-order valence-electron chi connectivity index (χ1n) is 7.32. The Hall–Kier alpha value is -2.08. The number of nitrogens with one attached hydrogen (secondary N) is 1. The number of anilines is 1. The molecule has 0 saturated carbocycles. The van der Waals surface area contributed by atoms with Crippen molar-refractivity contribution in [1.29, 1.82) is 0 Å². The third-order valence-corrected chi connectivity index (χ3v) is 3.39. The summed E-state index contributed by atoms with van der Waals surface area (Å²) in [4.78, 5) is 25.7. The van der Waals surface area contributed by atoms with E-state index in [0.717, 1.165) is 0 Å². The predicted molar refractivity (Wildman–Crippen MR) is 87.1 cm³/mol. The quantitative estimate of drug-likeness (QED) is 0.838. The fraction of sp³-hybridized carbons (Fsp3) is 0.500. The van der Waals surface area contributed by atoms with E-state index in [4.69, 9.17) is 10.5 Å². The van der Waals surface area contributed by atoms with Crippen LogP contribution in [0.15, 0.2) is 18.2 Å². The minimum Gasteiger partial charge on any atom is -0.492 e. The van der Waals surface area contributed by atoms with Gasteiger partial charge in [-0.25, -0.2) is 0 Å². The fourth-order valence-corrected chi connectivity index (χ4v) is 1.79. The molecule has 3 N–H and O–H groups in total. The van der Waals surface area contributed by atoms with Crippen molar-refractivity contribution in [3.63, 3.8) is 0 Å². The fourth-order valence-electron chi connectivity index (χ4n) is 1.79. The molecule has 1 aromatic carbocycles. The van der Waals surface area contributed by atoms with Gasteiger partial charge in [0, 0.05) is 25.7 Å². The van der Waals surface area contributed by atoms with Gasteiger partial charge in [0.05, 0.1) is 18.2 Å². The largest absolute Gasteiger partial charge is 0.492 e. The van der Waals surface area contributed by atoms with Crippen molar-refractivity contribution in [2.45, 2.75) is 26.8 Å². The molecule has 122 valence electrons. The lowest BCUT2D eigenvalue weighted by Gasteiger charge is -2.18. The van der Waals surface area contributed by atoms with Gasteiger partial charge < -0.3 is 20.7 Å². The van der Waals surface area contributed by atoms with E-state index in [0.29, 0.717) is 23.6 Å². The molecule has 0 radical (unpaired) electrons. The van der Waals surface area contributed by atoms with Crippen molar-refractivity contribution < 1.29 is 14.3 Å². The van der Waals surface area contributed by atoms with Crippen molar-refractivity contribution >= 4 is 17.5 Å². The average Bonchev–Trinajstić information content (AvgIpc) is 2.47. The number of nitrogens with two attached hydrogens (primary N) is 1. The van der Waals surface area contributed by atoms with Gasteiger partial charge in [-0.15, -0.1) is 0 Å². The van der Waals surface area contributed by atoms with Crippen molar-refractivity contribution in [1.82, 2.24) is 4.90 Å². The van der Waals surface area contributed by atoms with E-state index in [1.165, 1.54) is 4.90 Å². The standard InChI is InChI=1S/C16H25N3O3/c1-6-22-14-8-7-12(16(21)19(4)5)9-13(14)18-15(20)10(2)11(3)17/h7-11H,6,17H2,1-5H3,(H,18,20). The first-order valence-corrected chi connectivity index (χ1v) is 7.32. The molecule has 2 amide bonds. The van der Waals surface area contributed by atoms with E-state index in [-0.39, 0.29) is 23.8 Å². The normalized spacial score (nSPS) is 13.2. The molecule has 1 aromatic rings. The molecule has 0 aromatic heterocycles. The van der Waals surface area contributed by atoms with Crippen LogP contribution in [0.1, 0.15) is 31.1 Å². The van der Waals surface area contributed by atoms with Crippen LogP contribution in [0.5, 0.6) is 5.75 Å². The Morgan fingerprint density at radius 3 is 2.45 bits per heavy atom. The van der Waals surface area contributed by atoms with Gasteiger partial charge in [-0.2, -0.15) is 0 Å². The molecule has 2 atom stereocenters. The van der Waals surface area contributed by atoms with Gasteiger partial charge in [0.2, 0.25) is 5.91 Å². The molecule has 0 spiro atoms. The summed E-state index contributed by atoms with van der Waals surface area (Å²) in [6, 6.07) is 4.73. The summed E-state index contributed by atoms with van der Waals surface area (Å²) in [5, 5.41) is 2.80. The molecule has 0 heterocycles. The van der Waals surface area contributed by atoms with E-state index >= 15 is 0 Å². The van der Waals surface area contributed by atoms with Crippen LogP contribution in [0.4, 0.5) is 5.69 Å². The second kappa shape index (κ2) is 7.79. The maximum absolute atomic E-state index is 12.2. The van der Waals surface area contributed by atoms with Crippen LogP contribution in [0.2, 0.25) is 0 Å². The summed E-state index contributed by atoms with van der Waals surface area (Å²) in [7, 11) is 3.35. The highest BCUT2D eigenvalue weighted by Crippen LogP contribution is 2.27. The molecule has 0 aliphatic heterocycles. The van der Waals surface area contributed by atoms with E-state index < -0.39 is 0 Å². The summed E-state index contributed by atoms with van der Waals surface area (Å²) in [6.45, 7) is 5.86. The second-order valence-corrected chi connectivity index (χ2v) is 5.48. The van der Waals surface area contributed by atoms with Crippen LogP contribution in [0, 0.1) is 5.92 Å². The Morgan fingerprint density at radius 2 is 1.95 bits per heavy atom. The zero-order valence-corrected chi connectivity index (χ0v) is 13.8. The third kappa shape index (κ3) is 4.46. The van der Waals surface area contributed by atoms with Crippen LogP contribution in [-0.4, -0.2) is 43.5 Å². The number of benzene rings is 1. The zero-order chi connectivity index (χ0) is 16.9. The van der Waals surface area contributed by atoms with Gasteiger partial charge in [0.25, 0.3) is 5.91 Å². The Kier molecular flexibility index (Phi) is 6.37. The second-order valence-electron chi connectivity index (χ2n) is 5.48.